The van der Waals surface area contributed by atoms with Gasteiger partial charge in [0.2, 0.25) is 12.7 Å². The fourth-order valence-corrected chi connectivity index (χ4v) is 2.50. The van der Waals surface area contributed by atoms with E-state index in [2.05, 4.69) is 10.6 Å². The van der Waals surface area contributed by atoms with Crippen LogP contribution in [0.3, 0.4) is 0 Å². The van der Waals surface area contributed by atoms with Gasteiger partial charge in [0, 0.05) is 11.6 Å². The van der Waals surface area contributed by atoms with E-state index in [1.807, 2.05) is 18.2 Å². The molecular weight excluding hydrogens is 324 g/mol. The van der Waals surface area contributed by atoms with E-state index in [-0.39, 0.29) is 25.0 Å². The van der Waals surface area contributed by atoms with E-state index >= 15 is 0 Å². The maximum absolute atomic E-state index is 12.3. The van der Waals surface area contributed by atoms with Gasteiger partial charge in [-0.1, -0.05) is 12.1 Å². The van der Waals surface area contributed by atoms with E-state index in [9.17, 15) is 9.59 Å². The smallest absolute Gasteiger partial charge is 0.243 e. The van der Waals surface area contributed by atoms with Gasteiger partial charge in [-0.15, -0.1) is 0 Å². The second-order valence-corrected chi connectivity index (χ2v) is 5.41. The molecule has 25 heavy (non-hydrogen) atoms. The van der Waals surface area contributed by atoms with Gasteiger partial charge in [0.05, 0.1) is 25.0 Å². The summed E-state index contributed by atoms with van der Waals surface area (Å²) >= 11 is 0. The normalized spacial score (nSPS) is 11.8. The summed E-state index contributed by atoms with van der Waals surface area (Å²) in [5.74, 6) is 1.16. The molecule has 1 heterocycles. The van der Waals surface area contributed by atoms with Gasteiger partial charge in [0.1, 0.15) is 5.75 Å². The molecule has 130 valence electrons. The molecule has 7 nitrogen and oxygen atoms in total. The lowest BCUT2D eigenvalue weighted by atomic mass is 10.1. The minimum atomic E-state index is -0.299. The highest BCUT2D eigenvalue weighted by atomic mass is 16.7. The van der Waals surface area contributed by atoms with Crippen LogP contribution in [0.2, 0.25) is 0 Å². The lowest BCUT2D eigenvalue weighted by Crippen LogP contribution is -2.23. The molecule has 0 atom stereocenters. The molecule has 0 aromatic heterocycles. The molecule has 2 aromatic carbocycles. The summed E-state index contributed by atoms with van der Waals surface area (Å²) in [5.41, 5.74) is 1.47. The first kappa shape index (κ1) is 16.6. The molecule has 1 aliphatic heterocycles. The van der Waals surface area contributed by atoms with E-state index in [1.165, 1.54) is 6.92 Å². The second kappa shape index (κ2) is 7.12. The van der Waals surface area contributed by atoms with Crippen molar-refractivity contribution in [3.05, 3.63) is 42.0 Å². The summed E-state index contributed by atoms with van der Waals surface area (Å²) in [6, 6.07) is 10.5. The Morgan fingerprint density at radius 2 is 1.84 bits per heavy atom. The first-order chi connectivity index (χ1) is 12.1. The standard InChI is InChI=1S/C18H18N2O5/c1-11(21)12-7-16-17(25-10-24-16)8-14(12)20-18(22)9-19-13-5-3-4-6-15(13)23-2/h3-8,19H,9-10H2,1-2H3,(H,20,22). The number of methoxy groups -OCH3 is 1. The number of carbonyl (C=O) groups is 2. The Kier molecular flexibility index (Phi) is 4.74. The van der Waals surface area contributed by atoms with Gasteiger partial charge in [-0.05, 0) is 25.1 Å². The maximum Gasteiger partial charge on any atom is 0.243 e. The number of anilines is 2. The summed E-state index contributed by atoms with van der Waals surface area (Å²) in [6.07, 6.45) is 0. The van der Waals surface area contributed by atoms with Crippen LogP contribution in [0, 0.1) is 0 Å². The third-order valence-corrected chi connectivity index (χ3v) is 3.71. The molecular formula is C18H18N2O5. The fraction of sp³-hybridized carbons (Fsp3) is 0.222. The number of ether oxygens (including phenoxy) is 3. The number of hydrogen-bond acceptors (Lipinski definition) is 6. The van der Waals surface area contributed by atoms with Gasteiger partial charge < -0.3 is 24.8 Å². The average Bonchev–Trinajstić information content (AvgIpc) is 3.06. The minimum Gasteiger partial charge on any atom is -0.495 e. The number of amides is 1. The monoisotopic (exact) mass is 342 g/mol. The van der Waals surface area contributed by atoms with E-state index in [4.69, 9.17) is 14.2 Å². The molecule has 7 heteroatoms. The highest BCUT2D eigenvalue weighted by Crippen LogP contribution is 2.37. The Balaban J connectivity index is 1.72. The SMILES string of the molecule is COc1ccccc1NCC(=O)Nc1cc2c(cc1C(C)=O)OCO2. The quantitative estimate of drug-likeness (QED) is 0.785. The molecule has 1 amide bonds. The average molecular weight is 342 g/mol. The molecule has 2 aromatic rings. The summed E-state index contributed by atoms with van der Waals surface area (Å²) in [5, 5.41) is 5.74. The van der Waals surface area contributed by atoms with Crippen LogP contribution in [-0.2, 0) is 4.79 Å². The number of hydrogen-bond donors (Lipinski definition) is 2. The Morgan fingerprint density at radius 3 is 2.56 bits per heavy atom. The summed E-state index contributed by atoms with van der Waals surface area (Å²) in [6.45, 7) is 1.55. The highest BCUT2D eigenvalue weighted by Gasteiger charge is 2.20. The molecule has 0 radical (unpaired) electrons. The number of para-hydroxylation sites is 2. The molecule has 0 fully saturated rings. The van der Waals surface area contributed by atoms with Crippen molar-refractivity contribution in [3.63, 3.8) is 0 Å². The molecule has 3 rings (SSSR count). The number of Topliss-reactive ketones (excluding diaryl/α,β-unsaturated/α-hetero) is 1. The molecule has 0 unspecified atom stereocenters. The molecule has 0 saturated heterocycles. The van der Waals surface area contributed by atoms with Gasteiger partial charge >= 0.3 is 0 Å². The largest absolute Gasteiger partial charge is 0.495 e. The van der Waals surface area contributed by atoms with Crippen LogP contribution in [0.5, 0.6) is 17.2 Å². The van der Waals surface area contributed by atoms with Crippen molar-refractivity contribution in [2.24, 2.45) is 0 Å². The summed E-state index contributed by atoms with van der Waals surface area (Å²) in [7, 11) is 1.56. The van der Waals surface area contributed by atoms with Crippen LogP contribution in [0.15, 0.2) is 36.4 Å². The van der Waals surface area contributed by atoms with Crippen molar-refractivity contribution >= 4 is 23.1 Å². The summed E-state index contributed by atoms with van der Waals surface area (Å²) in [4.78, 5) is 24.1. The van der Waals surface area contributed by atoms with E-state index < -0.39 is 0 Å². The Bertz CT molecular complexity index is 819. The Morgan fingerprint density at radius 1 is 1.12 bits per heavy atom. The predicted molar refractivity (Wildman–Crippen MR) is 92.7 cm³/mol. The number of ketones is 1. The molecule has 0 bridgehead atoms. The molecule has 0 aliphatic carbocycles. The molecule has 0 saturated carbocycles. The van der Waals surface area contributed by atoms with E-state index in [0.29, 0.717) is 34.2 Å². The number of benzene rings is 2. The third kappa shape index (κ3) is 3.65. The van der Waals surface area contributed by atoms with Crippen molar-refractivity contribution < 1.29 is 23.8 Å². The zero-order valence-corrected chi connectivity index (χ0v) is 13.9. The molecule has 2 N–H and O–H groups in total. The van der Waals surface area contributed by atoms with Crippen molar-refractivity contribution in [2.45, 2.75) is 6.92 Å². The van der Waals surface area contributed by atoms with E-state index in [0.717, 1.165) is 0 Å². The number of fused-ring (bicyclic) bond motifs is 1. The topological polar surface area (TPSA) is 85.9 Å². The lowest BCUT2D eigenvalue weighted by molar-refractivity contribution is -0.114. The van der Waals surface area contributed by atoms with Gasteiger partial charge in [0.15, 0.2) is 17.3 Å². The Labute approximate surface area is 144 Å². The van der Waals surface area contributed by atoms with Crippen LogP contribution < -0.4 is 24.8 Å². The van der Waals surface area contributed by atoms with Gasteiger partial charge in [-0.3, -0.25) is 9.59 Å². The van der Waals surface area contributed by atoms with Crippen LogP contribution in [0.25, 0.3) is 0 Å². The number of nitrogens with one attached hydrogen (secondary N) is 2. The second-order valence-electron chi connectivity index (χ2n) is 5.41. The zero-order valence-electron chi connectivity index (χ0n) is 13.9. The number of carbonyl (C=O) groups excluding carboxylic acids is 2. The van der Waals surface area contributed by atoms with E-state index in [1.54, 1.807) is 25.3 Å². The zero-order chi connectivity index (χ0) is 17.8. The maximum atomic E-state index is 12.3. The first-order valence-electron chi connectivity index (χ1n) is 7.70. The van der Waals surface area contributed by atoms with Crippen LogP contribution in [0.4, 0.5) is 11.4 Å². The van der Waals surface area contributed by atoms with Gasteiger partial charge in [-0.2, -0.15) is 0 Å². The van der Waals surface area contributed by atoms with Crippen LogP contribution in [0.1, 0.15) is 17.3 Å². The van der Waals surface area contributed by atoms with Crippen molar-refractivity contribution in [3.8, 4) is 17.2 Å². The predicted octanol–water partition coefficient (Wildman–Crippen LogP) is 2.68. The van der Waals surface area contributed by atoms with Gasteiger partial charge in [-0.25, -0.2) is 0 Å². The number of rotatable bonds is 6. The van der Waals surface area contributed by atoms with Crippen LogP contribution in [-0.4, -0.2) is 32.1 Å². The van der Waals surface area contributed by atoms with Crippen LogP contribution >= 0.6 is 0 Å². The molecule has 1 aliphatic rings. The fourth-order valence-electron chi connectivity index (χ4n) is 2.50. The molecule has 0 spiro atoms. The minimum absolute atomic E-state index is 0.0200. The van der Waals surface area contributed by atoms with Crippen molar-refractivity contribution in [1.82, 2.24) is 0 Å². The third-order valence-electron chi connectivity index (χ3n) is 3.71. The Hall–Kier alpha value is -3.22. The lowest BCUT2D eigenvalue weighted by Gasteiger charge is -2.13. The first-order valence-corrected chi connectivity index (χ1v) is 7.70. The van der Waals surface area contributed by atoms with Crippen molar-refractivity contribution in [2.75, 3.05) is 31.1 Å². The highest BCUT2D eigenvalue weighted by molar-refractivity contribution is 6.05. The van der Waals surface area contributed by atoms with Gasteiger partial charge in [0.25, 0.3) is 0 Å². The van der Waals surface area contributed by atoms with Crippen molar-refractivity contribution in [1.29, 1.82) is 0 Å². The summed E-state index contributed by atoms with van der Waals surface area (Å²) < 4.78 is 15.8.